The second kappa shape index (κ2) is 10.0. The number of aromatic nitrogens is 4. The lowest BCUT2D eigenvalue weighted by Crippen LogP contribution is -2.00. The SMILES string of the molecule is c1ccc(-c2nc(-c3ccc4cc5c(cc4c3)oc3ccccc35)nc(-c3ccc4c(ccc5c6cccnc6ccc45)c3)n2)cc1. The van der Waals surface area contributed by atoms with Crippen molar-refractivity contribution in [2.45, 2.75) is 0 Å². The zero-order valence-corrected chi connectivity index (χ0v) is 25.1. The molecule has 218 valence electrons. The third-order valence-corrected chi connectivity index (χ3v) is 9.12. The first-order valence-corrected chi connectivity index (χ1v) is 15.6. The lowest BCUT2D eigenvalue weighted by Gasteiger charge is -2.11. The molecule has 0 spiro atoms. The molecule has 10 aromatic rings. The number of hydrogen-bond acceptors (Lipinski definition) is 5. The van der Waals surface area contributed by atoms with E-state index in [2.05, 4.69) is 89.9 Å². The summed E-state index contributed by atoms with van der Waals surface area (Å²) in [6, 6.07) is 48.2. The maximum Gasteiger partial charge on any atom is 0.164 e. The first-order valence-electron chi connectivity index (χ1n) is 15.6. The van der Waals surface area contributed by atoms with Gasteiger partial charge in [0.2, 0.25) is 0 Å². The van der Waals surface area contributed by atoms with Crippen LogP contribution in [0.5, 0.6) is 0 Å². The molecule has 0 aliphatic heterocycles. The van der Waals surface area contributed by atoms with E-state index in [0.29, 0.717) is 17.5 Å². The number of furan rings is 1. The Labute approximate surface area is 268 Å². The molecular formula is C42H24N4O. The number of benzene rings is 7. The van der Waals surface area contributed by atoms with E-state index in [0.717, 1.165) is 65.7 Å². The molecule has 0 aliphatic rings. The normalized spacial score (nSPS) is 11.8. The van der Waals surface area contributed by atoms with Gasteiger partial charge in [-0.05, 0) is 74.8 Å². The quantitative estimate of drug-likeness (QED) is 0.189. The van der Waals surface area contributed by atoms with E-state index in [1.165, 1.54) is 16.2 Å². The summed E-state index contributed by atoms with van der Waals surface area (Å²) >= 11 is 0. The van der Waals surface area contributed by atoms with Crippen LogP contribution in [0.4, 0.5) is 0 Å². The number of hydrogen-bond donors (Lipinski definition) is 0. The Balaban J connectivity index is 1.14. The maximum absolute atomic E-state index is 6.20. The van der Waals surface area contributed by atoms with E-state index in [4.69, 9.17) is 19.4 Å². The molecule has 0 radical (unpaired) electrons. The van der Waals surface area contributed by atoms with Gasteiger partial charge in [-0.3, -0.25) is 4.98 Å². The van der Waals surface area contributed by atoms with Crippen molar-refractivity contribution >= 4 is 65.2 Å². The van der Waals surface area contributed by atoms with Crippen LogP contribution in [0.25, 0.3) is 99.3 Å². The Morgan fingerprint density at radius 3 is 1.89 bits per heavy atom. The fourth-order valence-electron chi connectivity index (χ4n) is 6.81. The molecule has 5 nitrogen and oxygen atoms in total. The van der Waals surface area contributed by atoms with Crippen molar-refractivity contribution in [3.8, 4) is 34.2 Å². The van der Waals surface area contributed by atoms with Crippen LogP contribution < -0.4 is 0 Å². The van der Waals surface area contributed by atoms with Gasteiger partial charge in [0.25, 0.3) is 0 Å². The molecular weight excluding hydrogens is 576 g/mol. The van der Waals surface area contributed by atoms with Crippen LogP contribution in [0.2, 0.25) is 0 Å². The molecule has 0 atom stereocenters. The van der Waals surface area contributed by atoms with Crippen molar-refractivity contribution < 1.29 is 4.42 Å². The van der Waals surface area contributed by atoms with Crippen LogP contribution in [-0.4, -0.2) is 19.9 Å². The van der Waals surface area contributed by atoms with E-state index >= 15 is 0 Å². The molecule has 0 amide bonds. The van der Waals surface area contributed by atoms with Gasteiger partial charge in [-0.15, -0.1) is 0 Å². The van der Waals surface area contributed by atoms with Crippen molar-refractivity contribution in [1.82, 2.24) is 19.9 Å². The molecule has 0 unspecified atom stereocenters. The highest BCUT2D eigenvalue weighted by molar-refractivity contribution is 6.17. The van der Waals surface area contributed by atoms with Crippen LogP contribution in [0.1, 0.15) is 0 Å². The zero-order valence-electron chi connectivity index (χ0n) is 25.1. The summed E-state index contributed by atoms with van der Waals surface area (Å²) in [5.74, 6) is 1.89. The first-order chi connectivity index (χ1) is 23.2. The predicted molar refractivity (Wildman–Crippen MR) is 191 cm³/mol. The molecule has 47 heavy (non-hydrogen) atoms. The average molecular weight is 601 g/mol. The molecule has 5 heteroatoms. The molecule has 0 bridgehead atoms. The Bertz CT molecular complexity index is 2860. The monoisotopic (exact) mass is 600 g/mol. The summed E-state index contributed by atoms with van der Waals surface area (Å²) in [6.45, 7) is 0. The number of fused-ring (bicyclic) bond motifs is 9. The van der Waals surface area contributed by atoms with Crippen molar-refractivity contribution in [2.75, 3.05) is 0 Å². The van der Waals surface area contributed by atoms with Gasteiger partial charge in [0.15, 0.2) is 17.5 Å². The summed E-state index contributed by atoms with van der Waals surface area (Å²) in [7, 11) is 0. The Kier molecular flexibility index (Phi) is 5.51. The standard InChI is InChI=1S/C42H24N4O/c1-2-7-25(8-3-1)40-44-41(28-13-12-26-23-36-35-9-4-5-11-38(35)47-39(36)24-30(26)22-28)46-42(45-40)29-15-16-31-27(21-29)14-17-33-32(31)18-19-37-34(33)10-6-20-43-37/h1-24H. The van der Waals surface area contributed by atoms with Crippen LogP contribution in [0.15, 0.2) is 150 Å². The van der Waals surface area contributed by atoms with Crippen molar-refractivity contribution in [2.24, 2.45) is 0 Å². The van der Waals surface area contributed by atoms with Crippen molar-refractivity contribution in [1.29, 1.82) is 0 Å². The van der Waals surface area contributed by atoms with E-state index in [-0.39, 0.29) is 0 Å². The minimum absolute atomic E-state index is 0.623. The van der Waals surface area contributed by atoms with E-state index < -0.39 is 0 Å². The van der Waals surface area contributed by atoms with Crippen LogP contribution in [0.3, 0.4) is 0 Å². The van der Waals surface area contributed by atoms with Crippen molar-refractivity contribution in [3.05, 3.63) is 146 Å². The fraction of sp³-hybridized carbons (Fsp3) is 0. The average Bonchev–Trinajstić information content (AvgIpc) is 3.50. The molecule has 0 N–H and O–H groups in total. The zero-order chi connectivity index (χ0) is 30.9. The summed E-state index contributed by atoms with van der Waals surface area (Å²) in [5.41, 5.74) is 5.55. The third kappa shape index (κ3) is 4.17. The molecule has 7 aromatic carbocycles. The lowest BCUT2D eigenvalue weighted by atomic mass is 9.97. The molecule has 3 heterocycles. The molecule has 10 rings (SSSR count). The number of nitrogens with zero attached hydrogens (tertiary/aromatic N) is 4. The second-order valence-corrected chi connectivity index (χ2v) is 11.9. The summed E-state index contributed by atoms with van der Waals surface area (Å²) in [5, 5.41) is 10.3. The van der Waals surface area contributed by atoms with E-state index in [1.807, 2.05) is 60.8 Å². The first kappa shape index (κ1) is 25.8. The van der Waals surface area contributed by atoms with Gasteiger partial charge < -0.3 is 4.42 Å². The summed E-state index contributed by atoms with van der Waals surface area (Å²) < 4.78 is 6.20. The highest BCUT2D eigenvalue weighted by Gasteiger charge is 2.15. The maximum atomic E-state index is 6.20. The van der Waals surface area contributed by atoms with Gasteiger partial charge in [-0.1, -0.05) is 97.1 Å². The van der Waals surface area contributed by atoms with Crippen LogP contribution in [0, 0.1) is 0 Å². The summed E-state index contributed by atoms with van der Waals surface area (Å²) in [4.78, 5) is 19.6. The van der Waals surface area contributed by atoms with Crippen LogP contribution >= 0.6 is 0 Å². The highest BCUT2D eigenvalue weighted by Crippen LogP contribution is 2.35. The Morgan fingerprint density at radius 1 is 0.362 bits per heavy atom. The van der Waals surface area contributed by atoms with Gasteiger partial charge >= 0.3 is 0 Å². The smallest absolute Gasteiger partial charge is 0.164 e. The van der Waals surface area contributed by atoms with Gasteiger partial charge in [-0.25, -0.2) is 15.0 Å². The van der Waals surface area contributed by atoms with Crippen molar-refractivity contribution in [3.63, 3.8) is 0 Å². The number of pyridine rings is 1. The van der Waals surface area contributed by atoms with Gasteiger partial charge in [0.05, 0.1) is 5.52 Å². The predicted octanol–water partition coefficient (Wildman–Crippen LogP) is 10.8. The van der Waals surface area contributed by atoms with Gasteiger partial charge in [-0.2, -0.15) is 0 Å². The Morgan fingerprint density at radius 2 is 1.02 bits per heavy atom. The largest absolute Gasteiger partial charge is 0.456 e. The van der Waals surface area contributed by atoms with Gasteiger partial charge in [0.1, 0.15) is 11.2 Å². The van der Waals surface area contributed by atoms with E-state index in [1.54, 1.807) is 0 Å². The van der Waals surface area contributed by atoms with Gasteiger partial charge in [0, 0.05) is 39.0 Å². The number of rotatable bonds is 3. The third-order valence-electron chi connectivity index (χ3n) is 9.12. The molecule has 0 fully saturated rings. The minimum Gasteiger partial charge on any atom is -0.456 e. The second-order valence-electron chi connectivity index (χ2n) is 11.9. The van der Waals surface area contributed by atoms with E-state index in [9.17, 15) is 0 Å². The highest BCUT2D eigenvalue weighted by atomic mass is 16.3. The minimum atomic E-state index is 0.623. The Hall–Kier alpha value is -6.46. The van der Waals surface area contributed by atoms with Crippen LogP contribution in [-0.2, 0) is 0 Å². The molecule has 0 aliphatic carbocycles. The number of para-hydroxylation sites is 1. The molecule has 0 saturated heterocycles. The molecule has 0 saturated carbocycles. The fourth-order valence-corrected chi connectivity index (χ4v) is 6.81. The summed E-state index contributed by atoms with van der Waals surface area (Å²) in [6.07, 6.45) is 1.84. The molecule has 3 aromatic heterocycles. The topological polar surface area (TPSA) is 64.7 Å². The lowest BCUT2D eigenvalue weighted by molar-refractivity contribution is 0.669.